The fourth-order valence-corrected chi connectivity index (χ4v) is 3.45. The van der Waals surface area contributed by atoms with Crippen LogP contribution in [0.4, 0.5) is 4.79 Å². The smallest absolute Gasteiger partial charge is 0.407 e. The molecular weight excluding hydrogens is 310 g/mol. The molecule has 126 valence electrons. The largest absolute Gasteiger partial charge is 0.445 e. The number of hydrogen-bond acceptors (Lipinski definition) is 5. The summed E-state index contributed by atoms with van der Waals surface area (Å²) in [6, 6.07) is 9.65. The number of carbonyl (C=O) groups is 1. The van der Waals surface area contributed by atoms with E-state index in [9.17, 15) is 4.79 Å². The number of nitrogens with zero attached hydrogens (tertiary/aromatic N) is 1. The number of carbonyl (C=O) groups excluding carboxylic acids is 1. The summed E-state index contributed by atoms with van der Waals surface area (Å²) in [5.74, 6) is 0.547. The second kappa shape index (κ2) is 8.08. The summed E-state index contributed by atoms with van der Waals surface area (Å²) >= 11 is 1.60. The van der Waals surface area contributed by atoms with Crippen LogP contribution >= 0.6 is 11.3 Å². The molecule has 0 aliphatic carbocycles. The molecule has 23 heavy (non-hydrogen) atoms. The summed E-state index contributed by atoms with van der Waals surface area (Å²) in [5.41, 5.74) is 2.14. The van der Waals surface area contributed by atoms with E-state index in [1.165, 1.54) is 0 Å². The molecule has 0 unspecified atom stereocenters. The molecule has 1 amide bonds. The molecule has 0 spiro atoms. The third-order valence-electron chi connectivity index (χ3n) is 3.92. The van der Waals surface area contributed by atoms with Gasteiger partial charge in [-0.1, -0.05) is 30.3 Å². The minimum atomic E-state index is -0.410. The van der Waals surface area contributed by atoms with Crippen LogP contribution in [0.2, 0.25) is 0 Å². The molecular formula is C17H25N3O2S. The molecule has 6 heteroatoms. The van der Waals surface area contributed by atoms with Crippen molar-refractivity contribution in [2.45, 2.75) is 31.9 Å². The van der Waals surface area contributed by atoms with E-state index in [2.05, 4.69) is 21.0 Å². The number of piperidine rings is 1. The summed E-state index contributed by atoms with van der Waals surface area (Å²) in [4.78, 5) is 16.4. The van der Waals surface area contributed by atoms with Gasteiger partial charge in [0.2, 0.25) is 0 Å². The van der Waals surface area contributed by atoms with Crippen LogP contribution in [0.5, 0.6) is 0 Å². The van der Waals surface area contributed by atoms with Crippen LogP contribution in [-0.2, 0) is 17.9 Å². The van der Waals surface area contributed by atoms with Gasteiger partial charge in [-0.25, -0.2) is 9.78 Å². The summed E-state index contributed by atoms with van der Waals surface area (Å²) in [5, 5.41) is 9.16. The molecule has 1 aromatic carbocycles. The van der Waals surface area contributed by atoms with Crippen LogP contribution in [0, 0.1) is 0 Å². The average molecular weight is 335 g/mol. The number of nitrogens with one attached hydrogen (secondary N) is 2. The highest BCUT2D eigenvalue weighted by atomic mass is 32.1. The summed E-state index contributed by atoms with van der Waals surface area (Å²) in [7, 11) is 0. The maximum absolute atomic E-state index is 11.7. The molecule has 1 aliphatic heterocycles. The molecule has 0 bridgehead atoms. The lowest BCUT2D eigenvalue weighted by atomic mass is 9.95. The van der Waals surface area contributed by atoms with Gasteiger partial charge in [-0.2, -0.15) is 0 Å². The van der Waals surface area contributed by atoms with Crippen LogP contribution in [-0.4, -0.2) is 24.2 Å². The van der Waals surface area contributed by atoms with E-state index < -0.39 is 6.09 Å². The molecule has 2 N–H and O–H groups in total. The predicted molar refractivity (Wildman–Crippen MR) is 94.7 cm³/mol. The Morgan fingerprint density at radius 1 is 1.35 bits per heavy atom. The minimum absolute atomic E-state index is 0. The minimum Gasteiger partial charge on any atom is -0.445 e. The number of hydrogen-bond donors (Lipinski definition) is 2. The van der Waals surface area contributed by atoms with Crippen LogP contribution < -0.4 is 10.6 Å². The molecule has 0 radical (unpaired) electrons. The standard InChI is InChI=1S/C17H21N3O2S.2H2/c21-17(22-11-13-4-2-1-3-5-13)19-10-16-20-15(12-23-16)14-6-8-18-9-7-14;;/h1-5,12,14,18H,6-11H2,(H,19,21);2*1H. The van der Waals surface area contributed by atoms with Crippen molar-refractivity contribution in [3.8, 4) is 0 Å². The fourth-order valence-electron chi connectivity index (χ4n) is 2.63. The van der Waals surface area contributed by atoms with Crippen molar-refractivity contribution in [1.29, 1.82) is 0 Å². The van der Waals surface area contributed by atoms with Crippen molar-refractivity contribution in [2.75, 3.05) is 13.1 Å². The lowest BCUT2D eigenvalue weighted by molar-refractivity contribution is 0.139. The van der Waals surface area contributed by atoms with Gasteiger partial charge in [0.25, 0.3) is 0 Å². The molecule has 2 heterocycles. The SMILES string of the molecule is O=C(NCc1nc(C2CCNCC2)cs1)OCc1ccccc1.[HH].[HH]. The van der Waals surface area contributed by atoms with Gasteiger partial charge in [0, 0.05) is 14.2 Å². The highest BCUT2D eigenvalue weighted by molar-refractivity contribution is 7.09. The number of rotatable bonds is 5. The first-order chi connectivity index (χ1) is 11.3. The lowest BCUT2D eigenvalue weighted by Gasteiger charge is -2.20. The predicted octanol–water partition coefficient (Wildman–Crippen LogP) is 3.53. The maximum Gasteiger partial charge on any atom is 0.407 e. The average Bonchev–Trinajstić information content (AvgIpc) is 3.09. The molecule has 2 aromatic rings. The van der Waals surface area contributed by atoms with Gasteiger partial charge in [-0.15, -0.1) is 11.3 Å². The summed E-state index contributed by atoms with van der Waals surface area (Å²) in [6.07, 6.45) is 1.86. The topological polar surface area (TPSA) is 63.2 Å². The molecule has 0 atom stereocenters. The van der Waals surface area contributed by atoms with E-state index in [0.717, 1.165) is 42.2 Å². The Balaban J connectivity index is 0.00000156. The van der Waals surface area contributed by atoms with Gasteiger partial charge in [-0.05, 0) is 31.5 Å². The quantitative estimate of drug-likeness (QED) is 0.877. The molecule has 3 rings (SSSR count). The van der Waals surface area contributed by atoms with E-state index >= 15 is 0 Å². The second-order valence-electron chi connectivity index (χ2n) is 5.61. The Bertz CT molecular complexity index is 634. The Hall–Kier alpha value is -1.92. The normalized spacial score (nSPS) is 15.3. The molecule has 1 aromatic heterocycles. The van der Waals surface area contributed by atoms with Crippen LogP contribution in [0.3, 0.4) is 0 Å². The number of benzene rings is 1. The Morgan fingerprint density at radius 2 is 2.13 bits per heavy atom. The summed E-state index contributed by atoms with van der Waals surface area (Å²) in [6.45, 7) is 2.82. The zero-order chi connectivity index (χ0) is 15.9. The van der Waals surface area contributed by atoms with E-state index in [1.54, 1.807) is 11.3 Å². The highest BCUT2D eigenvalue weighted by Gasteiger charge is 2.18. The first-order valence-corrected chi connectivity index (χ1v) is 8.79. The first-order valence-electron chi connectivity index (χ1n) is 7.91. The van der Waals surface area contributed by atoms with Gasteiger partial charge >= 0.3 is 6.09 Å². The van der Waals surface area contributed by atoms with Crippen molar-refractivity contribution < 1.29 is 12.4 Å². The Labute approximate surface area is 143 Å². The molecule has 1 aliphatic rings. The molecule has 1 saturated heterocycles. The molecule has 5 nitrogen and oxygen atoms in total. The van der Waals surface area contributed by atoms with Crippen molar-refractivity contribution >= 4 is 17.4 Å². The van der Waals surface area contributed by atoms with Crippen molar-refractivity contribution in [3.63, 3.8) is 0 Å². The van der Waals surface area contributed by atoms with Crippen molar-refractivity contribution in [3.05, 3.63) is 52.0 Å². The zero-order valence-corrected chi connectivity index (χ0v) is 13.8. The summed E-state index contributed by atoms with van der Waals surface area (Å²) < 4.78 is 5.19. The number of amides is 1. The van der Waals surface area contributed by atoms with E-state index in [0.29, 0.717) is 12.5 Å². The van der Waals surface area contributed by atoms with Gasteiger partial charge in [-0.3, -0.25) is 0 Å². The monoisotopic (exact) mass is 335 g/mol. The third kappa shape index (κ3) is 4.77. The van der Waals surface area contributed by atoms with Gasteiger partial charge in [0.05, 0.1) is 12.2 Å². The maximum atomic E-state index is 11.7. The molecule has 1 fully saturated rings. The third-order valence-corrected chi connectivity index (χ3v) is 4.79. The number of thiazole rings is 1. The second-order valence-corrected chi connectivity index (χ2v) is 6.55. The van der Waals surface area contributed by atoms with Crippen molar-refractivity contribution in [2.24, 2.45) is 0 Å². The van der Waals surface area contributed by atoms with Crippen LogP contribution in [0.1, 0.15) is 37.9 Å². The zero-order valence-electron chi connectivity index (χ0n) is 13.0. The van der Waals surface area contributed by atoms with Crippen LogP contribution in [0.25, 0.3) is 0 Å². The van der Waals surface area contributed by atoms with Crippen LogP contribution in [0.15, 0.2) is 35.7 Å². The number of ether oxygens (including phenoxy) is 1. The van der Waals surface area contributed by atoms with E-state index in [1.807, 2.05) is 30.3 Å². The first kappa shape index (κ1) is 16.0. The van der Waals surface area contributed by atoms with E-state index in [-0.39, 0.29) is 9.46 Å². The number of alkyl carbamates (subject to hydrolysis) is 1. The van der Waals surface area contributed by atoms with Crippen molar-refractivity contribution in [1.82, 2.24) is 15.6 Å². The van der Waals surface area contributed by atoms with Gasteiger partial charge < -0.3 is 15.4 Å². The Morgan fingerprint density at radius 3 is 2.91 bits per heavy atom. The number of aromatic nitrogens is 1. The lowest BCUT2D eigenvalue weighted by Crippen LogP contribution is -2.27. The van der Waals surface area contributed by atoms with E-state index in [4.69, 9.17) is 4.74 Å². The molecule has 0 saturated carbocycles. The van der Waals surface area contributed by atoms with Gasteiger partial charge in [0.15, 0.2) is 0 Å². The Kier molecular flexibility index (Phi) is 5.60. The fraction of sp³-hybridized carbons (Fsp3) is 0.412. The highest BCUT2D eigenvalue weighted by Crippen LogP contribution is 2.26. The van der Waals surface area contributed by atoms with Gasteiger partial charge in [0.1, 0.15) is 11.6 Å².